The van der Waals surface area contributed by atoms with Crippen LogP contribution in [0.2, 0.25) is 0 Å². The lowest BCUT2D eigenvalue weighted by molar-refractivity contribution is -0.127. The molecule has 1 aliphatic heterocycles. The molecule has 1 saturated heterocycles. The molecule has 30 heavy (non-hydrogen) atoms. The molecule has 1 unspecified atom stereocenters. The van der Waals surface area contributed by atoms with Crippen molar-refractivity contribution in [2.45, 2.75) is 19.4 Å². The number of phenolic OH excluding ortho intramolecular Hbond substituents is 1. The van der Waals surface area contributed by atoms with Crippen molar-refractivity contribution < 1.29 is 19.1 Å². The van der Waals surface area contributed by atoms with E-state index in [0.29, 0.717) is 18.0 Å². The van der Waals surface area contributed by atoms with Crippen molar-refractivity contribution in [3.05, 3.63) is 59.8 Å². The van der Waals surface area contributed by atoms with E-state index in [1.54, 1.807) is 4.90 Å². The molecule has 8 nitrogen and oxygen atoms in total. The van der Waals surface area contributed by atoms with Crippen LogP contribution in [0.3, 0.4) is 0 Å². The summed E-state index contributed by atoms with van der Waals surface area (Å²) >= 11 is 0. The van der Waals surface area contributed by atoms with Gasteiger partial charge in [0, 0.05) is 24.8 Å². The van der Waals surface area contributed by atoms with Gasteiger partial charge in [-0.3, -0.25) is 14.0 Å². The first kappa shape index (κ1) is 18.5. The van der Waals surface area contributed by atoms with Crippen LogP contribution >= 0.6 is 0 Å². The third-order valence-electron chi connectivity index (χ3n) is 6.15. The van der Waals surface area contributed by atoms with Gasteiger partial charge in [-0.05, 0) is 49.6 Å². The van der Waals surface area contributed by atoms with Gasteiger partial charge in [-0.15, -0.1) is 10.2 Å². The van der Waals surface area contributed by atoms with Gasteiger partial charge >= 0.3 is 0 Å². The fourth-order valence-corrected chi connectivity index (χ4v) is 4.37. The maximum atomic E-state index is 13.6. The lowest BCUT2D eigenvalue weighted by Gasteiger charge is -2.22. The minimum Gasteiger partial charge on any atom is -0.505 e. The predicted molar refractivity (Wildman–Crippen MR) is 104 cm³/mol. The molecule has 2 amide bonds. The number of carbonyl (C=O) groups is 2. The lowest BCUT2D eigenvalue weighted by atomic mass is 10.0. The number of phenols is 1. The minimum absolute atomic E-state index is 0.0887. The van der Waals surface area contributed by atoms with Gasteiger partial charge in [-0.2, -0.15) is 0 Å². The molecular weight excluding hydrogens is 389 g/mol. The number of nitrogens with zero attached hydrogens (tertiary/aromatic N) is 4. The summed E-state index contributed by atoms with van der Waals surface area (Å²) in [4.78, 5) is 27.4. The first-order valence-corrected chi connectivity index (χ1v) is 9.77. The van der Waals surface area contributed by atoms with Crippen LogP contribution in [0.4, 0.5) is 4.39 Å². The van der Waals surface area contributed by atoms with E-state index in [2.05, 4.69) is 15.5 Å². The van der Waals surface area contributed by atoms with E-state index in [4.69, 9.17) is 0 Å². The quantitative estimate of drug-likeness (QED) is 0.686. The molecule has 154 valence electrons. The van der Waals surface area contributed by atoms with E-state index in [9.17, 15) is 19.1 Å². The highest BCUT2D eigenvalue weighted by molar-refractivity contribution is 5.96. The zero-order valence-corrected chi connectivity index (χ0v) is 16.2. The summed E-state index contributed by atoms with van der Waals surface area (Å²) in [6.45, 7) is 2.60. The Morgan fingerprint density at radius 3 is 2.93 bits per heavy atom. The van der Waals surface area contributed by atoms with Crippen LogP contribution < -0.4 is 5.32 Å². The Balaban J connectivity index is 1.29. The molecule has 1 aliphatic carbocycles. The van der Waals surface area contributed by atoms with E-state index >= 15 is 0 Å². The number of likely N-dealkylation sites (tertiary alicyclic amines) is 1. The Labute approximate surface area is 171 Å². The molecular formula is C21H20FN5O3. The van der Waals surface area contributed by atoms with Crippen LogP contribution in [0.1, 0.15) is 35.6 Å². The third-order valence-corrected chi connectivity index (χ3v) is 6.15. The maximum absolute atomic E-state index is 13.6. The smallest absolute Gasteiger partial charge is 0.254 e. The highest BCUT2D eigenvalue weighted by Gasteiger charge is 2.65. The highest BCUT2D eigenvalue weighted by atomic mass is 19.1. The van der Waals surface area contributed by atoms with Gasteiger partial charge in [-0.25, -0.2) is 4.39 Å². The molecule has 0 bridgehead atoms. The summed E-state index contributed by atoms with van der Waals surface area (Å²) in [6.07, 6.45) is 2.57. The van der Waals surface area contributed by atoms with Gasteiger partial charge in [0.25, 0.3) is 5.91 Å². The minimum atomic E-state index is -0.841. The van der Waals surface area contributed by atoms with Crippen molar-refractivity contribution in [3.8, 4) is 5.75 Å². The predicted octanol–water partition coefficient (Wildman–Crippen LogP) is 1.91. The molecule has 5 rings (SSSR count). The topological polar surface area (TPSA) is 99.8 Å². The molecule has 1 aromatic carbocycles. The largest absolute Gasteiger partial charge is 0.505 e. The number of fused-ring (bicyclic) bond motifs is 2. The molecule has 0 radical (unpaired) electrons. The normalized spacial score (nSPS) is 23.3. The van der Waals surface area contributed by atoms with Crippen LogP contribution in [-0.4, -0.2) is 49.5 Å². The molecule has 2 N–H and O–H groups in total. The van der Waals surface area contributed by atoms with Gasteiger partial charge in [0.05, 0.1) is 11.5 Å². The number of hydrogen-bond acceptors (Lipinski definition) is 5. The number of hydrogen-bond donors (Lipinski definition) is 2. The number of aromatic nitrogens is 3. The number of amides is 2. The van der Waals surface area contributed by atoms with Gasteiger partial charge in [0.15, 0.2) is 23.0 Å². The second kappa shape index (κ2) is 6.51. The van der Waals surface area contributed by atoms with Crippen LogP contribution in [0, 0.1) is 17.2 Å². The summed E-state index contributed by atoms with van der Waals surface area (Å²) in [6, 6.07) is 8.80. The summed E-state index contributed by atoms with van der Waals surface area (Å²) in [5, 5.41) is 20.6. The fourth-order valence-electron chi connectivity index (χ4n) is 4.37. The van der Waals surface area contributed by atoms with Crippen molar-refractivity contribution in [1.29, 1.82) is 0 Å². The molecule has 2 aliphatic rings. The Kier molecular flexibility index (Phi) is 4.02. The zero-order chi connectivity index (χ0) is 21.0. The number of benzene rings is 1. The van der Waals surface area contributed by atoms with E-state index < -0.39 is 17.0 Å². The monoisotopic (exact) mass is 409 g/mol. The first-order valence-electron chi connectivity index (χ1n) is 9.77. The zero-order valence-electron chi connectivity index (χ0n) is 16.2. The van der Waals surface area contributed by atoms with E-state index in [1.165, 1.54) is 6.07 Å². The van der Waals surface area contributed by atoms with Crippen LogP contribution in [-0.2, 0) is 4.79 Å². The summed E-state index contributed by atoms with van der Waals surface area (Å²) in [5.41, 5.74) is 0.250. The number of carbonyl (C=O) groups excluding carboxylic acids is 2. The van der Waals surface area contributed by atoms with Crippen LogP contribution in [0.5, 0.6) is 5.75 Å². The third kappa shape index (κ3) is 2.80. The van der Waals surface area contributed by atoms with Crippen molar-refractivity contribution >= 4 is 17.5 Å². The Hall–Kier alpha value is -3.49. The van der Waals surface area contributed by atoms with E-state index in [0.717, 1.165) is 18.6 Å². The van der Waals surface area contributed by atoms with E-state index in [1.807, 2.05) is 35.7 Å². The molecule has 1 saturated carbocycles. The number of nitrogens with one attached hydrogen (secondary N) is 1. The Morgan fingerprint density at radius 1 is 1.30 bits per heavy atom. The first-order chi connectivity index (χ1) is 14.4. The van der Waals surface area contributed by atoms with Crippen molar-refractivity contribution in [2.75, 3.05) is 13.1 Å². The van der Waals surface area contributed by atoms with Crippen molar-refractivity contribution in [3.63, 3.8) is 0 Å². The van der Waals surface area contributed by atoms with Gasteiger partial charge in [0.1, 0.15) is 0 Å². The van der Waals surface area contributed by atoms with Gasteiger partial charge in [0.2, 0.25) is 5.91 Å². The average molecular weight is 409 g/mol. The molecule has 0 spiro atoms. The maximum Gasteiger partial charge on any atom is 0.254 e. The van der Waals surface area contributed by atoms with Crippen molar-refractivity contribution in [2.24, 2.45) is 11.3 Å². The number of piperidine rings is 1. The number of halogens is 1. The lowest BCUT2D eigenvalue weighted by Crippen LogP contribution is -2.40. The molecule has 3 heterocycles. The summed E-state index contributed by atoms with van der Waals surface area (Å²) in [5.74, 6) is -1.07. The van der Waals surface area contributed by atoms with Gasteiger partial charge in [-0.1, -0.05) is 6.07 Å². The van der Waals surface area contributed by atoms with Gasteiger partial charge < -0.3 is 15.3 Å². The Morgan fingerprint density at radius 2 is 2.13 bits per heavy atom. The number of aromatic hydroxyl groups is 1. The average Bonchev–Trinajstić information content (AvgIpc) is 3.10. The molecule has 9 heteroatoms. The molecule has 3 atom stereocenters. The number of rotatable bonds is 4. The number of pyridine rings is 1. The second-order valence-electron chi connectivity index (χ2n) is 8.09. The Bertz CT molecular complexity index is 1180. The van der Waals surface area contributed by atoms with E-state index in [-0.39, 0.29) is 35.9 Å². The fraction of sp³-hybridized carbons (Fsp3) is 0.333. The van der Waals surface area contributed by atoms with Crippen LogP contribution in [0.15, 0.2) is 42.6 Å². The second-order valence-corrected chi connectivity index (χ2v) is 8.09. The SMILES string of the molecule is CC(NC(=O)[C@@]12C[C@@H]1CN(C(=O)c1ccc(O)c(F)c1)C2)c1nnc2ccccn12. The van der Waals surface area contributed by atoms with Crippen LogP contribution in [0.25, 0.3) is 5.65 Å². The summed E-state index contributed by atoms with van der Waals surface area (Å²) < 4.78 is 15.4. The van der Waals surface area contributed by atoms with Crippen molar-refractivity contribution in [1.82, 2.24) is 24.8 Å². The standard InChI is InChI=1S/C21H20FN5O3/c1-12(18-25-24-17-4-2-3-7-27(17)18)23-20(30)21-9-14(21)10-26(11-21)19(29)13-5-6-16(28)15(22)8-13/h2-8,12,14,28H,9-11H2,1H3,(H,23,30)/t12?,14-,21-/m1/s1. The molecule has 3 aromatic rings. The molecule has 2 fully saturated rings. The molecule has 2 aromatic heterocycles. The summed E-state index contributed by atoms with van der Waals surface area (Å²) in [7, 11) is 0. The highest BCUT2D eigenvalue weighted by Crippen LogP contribution is 2.58.